The molecule has 0 amide bonds. The van der Waals surface area contributed by atoms with E-state index < -0.39 is 0 Å². The molecule has 0 heteroatoms. The van der Waals surface area contributed by atoms with E-state index in [1.54, 1.807) is 0 Å². The van der Waals surface area contributed by atoms with Crippen LogP contribution in [-0.2, 0) is 0 Å². The van der Waals surface area contributed by atoms with Crippen molar-refractivity contribution < 1.29 is 0 Å². The molecule has 0 aliphatic rings. The quantitative estimate of drug-likeness (QED) is 0.504. The van der Waals surface area contributed by atoms with Gasteiger partial charge in [0.1, 0.15) is 0 Å². The van der Waals surface area contributed by atoms with E-state index in [-0.39, 0.29) is 0 Å². The van der Waals surface area contributed by atoms with Gasteiger partial charge >= 0.3 is 0 Å². The summed E-state index contributed by atoms with van der Waals surface area (Å²) in [6, 6.07) is 0. The van der Waals surface area contributed by atoms with Crippen molar-refractivity contribution in [3.8, 4) is 12.3 Å². The molecule has 0 fully saturated rings. The predicted octanol–water partition coefficient (Wildman–Crippen LogP) is 2.65. The Bertz CT molecular complexity index is 80.7. The Labute approximate surface area is 58.7 Å². The maximum Gasteiger partial charge on any atom is 0.0231 e. The van der Waals surface area contributed by atoms with Gasteiger partial charge < -0.3 is 0 Å². The fourth-order valence-corrected chi connectivity index (χ4v) is 0.865. The normalized spacial score (nSPS) is 9.56. The van der Waals surface area contributed by atoms with E-state index in [2.05, 4.69) is 26.2 Å². The van der Waals surface area contributed by atoms with Crippen molar-refractivity contribution in [2.24, 2.45) is 5.92 Å². The van der Waals surface area contributed by atoms with Gasteiger partial charge in [0, 0.05) is 5.92 Å². The van der Waals surface area contributed by atoms with Crippen LogP contribution in [0.1, 0.15) is 33.1 Å². The van der Waals surface area contributed by atoms with Crippen LogP contribution in [0.4, 0.5) is 0 Å². The maximum atomic E-state index is 5.26. The van der Waals surface area contributed by atoms with Gasteiger partial charge in [-0.2, -0.15) is 0 Å². The first-order valence-corrected chi connectivity index (χ1v) is 3.64. The van der Waals surface area contributed by atoms with Crippen LogP contribution in [-0.4, -0.2) is 0 Å². The zero-order chi connectivity index (χ0) is 7.11. The van der Waals surface area contributed by atoms with Crippen LogP contribution in [0.2, 0.25) is 0 Å². The lowest BCUT2D eigenvalue weighted by Crippen LogP contribution is -1.95. The average molecular weight is 123 g/mol. The van der Waals surface area contributed by atoms with Gasteiger partial charge in [-0.1, -0.05) is 26.7 Å². The second-order valence-electron chi connectivity index (χ2n) is 2.21. The van der Waals surface area contributed by atoms with Crippen LogP contribution in [0.25, 0.3) is 0 Å². The number of terminal acetylenes is 1. The Morgan fingerprint density at radius 1 is 1.56 bits per heavy atom. The van der Waals surface area contributed by atoms with Crippen LogP contribution >= 0.6 is 0 Å². The summed E-state index contributed by atoms with van der Waals surface area (Å²) in [5.41, 5.74) is 0. The average Bonchev–Trinajstić information content (AvgIpc) is 1.88. The van der Waals surface area contributed by atoms with Crippen molar-refractivity contribution in [1.82, 2.24) is 0 Å². The summed E-state index contributed by atoms with van der Waals surface area (Å²) < 4.78 is 0. The van der Waals surface area contributed by atoms with Gasteiger partial charge in [-0.05, 0) is 12.8 Å². The second kappa shape index (κ2) is 5.69. The molecule has 0 N–H and O–H groups in total. The molecule has 0 aliphatic carbocycles. The topological polar surface area (TPSA) is 0 Å². The molecule has 0 nitrogen and oxygen atoms in total. The zero-order valence-corrected chi connectivity index (χ0v) is 6.35. The lowest BCUT2D eigenvalue weighted by Gasteiger charge is -2.04. The first-order valence-electron chi connectivity index (χ1n) is 3.64. The summed E-state index contributed by atoms with van der Waals surface area (Å²) in [6.07, 6.45) is 10.9. The third kappa shape index (κ3) is 4.09. The van der Waals surface area contributed by atoms with Crippen molar-refractivity contribution >= 4 is 0 Å². The molecule has 0 rings (SSSR count). The highest BCUT2D eigenvalue weighted by Gasteiger charge is 1.99. The molecule has 1 atom stereocenters. The van der Waals surface area contributed by atoms with E-state index in [9.17, 15) is 0 Å². The number of rotatable bonds is 4. The summed E-state index contributed by atoms with van der Waals surface area (Å²) >= 11 is 0. The van der Waals surface area contributed by atoms with Crippen molar-refractivity contribution in [2.45, 2.75) is 33.1 Å². The molecule has 9 heavy (non-hydrogen) atoms. The fourth-order valence-electron chi connectivity index (χ4n) is 0.865. The minimum Gasteiger partial charge on any atom is -0.120 e. The first-order chi connectivity index (χ1) is 4.35. The lowest BCUT2D eigenvalue weighted by molar-refractivity contribution is 0.652. The molecule has 0 saturated carbocycles. The third-order valence-corrected chi connectivity index (χ3v) is 1.33. The molecular weight excluding hydrogens is 108 g/mol. The van der Waals surface area contributed by atoms with E-state index in [4.69, 9.17) is 6.42 Å². The Hall–Kier alpha value is -0.440. The third-order valence-electron chi connectivity index (χ3n) is 1.33. The Morgan fingerprint density at radius 2 is 2.22 bits per heavy atom. The van der Waals surface area contributed by atoms with Gasteiger partial charge in [-0.3, -0.25) is 0 Å². The first kappa shape index (κ1) is 8.56. The molecule has 0 aliphatic heterocycles. The zero-order valence-electron chi connectivity index (χ0n) is 6.35. The summed E-state index contributed by atoms with van der Waals surface area (Å²) in [5.74, 6) is 3.16. The summed E-state index contributed by atoms with van der Waals surface area (Å²) in [4.78, 5) is 0. The Morgan fingerprint density at radius 3 is 2.56 bits per heavy atom. The number of hydrogen-bond acceptors (Lipinski definition) is 0. The van der Waals surface area contributed by atoms with Gasteiger partial charge in [0.2, 0.25) is 0 Å². The van der Waals surface area contributed by atoms with Crippen molar-refractivity contribution in [3.05, 3.63) is 6.42 Å². The van der Waals surface area contributed by atoms with Crippen molar-refractivity contribution in [1.29, 1.82) is 0 Å². The minimum absolute atomic E-state index is 0.417. The molecule has 0 saturated heterocycles. The smallest absolute Gasteiger partial charge is 0.0231 e. The van der Waals surface area contributed by atoms with Gasteiger partial charge in [-0.15, -0.1) is 12.3 Å². The summed E-state index contributed by atoms with van der Waals surface area (Å²) in [7, 11) is 0. The molecular formula is C9H15. The van der Waals surface area contributed by atoms with Crippen molar-refractivity contribution in [3.63, 3.8) is 0 Å². The standard InChI is InChI=1S/C9H15/c1-4-7-9(6-3)8-5-2/h3,7,9H,4-5,8H2,1-2H3. The maximum absolute atomic E-state index is 5.26. The van der Waals surface area contributed by atoms with Crippen LogP contribution in [0.3, 0.4) is 0 Å². The van der Waals surface area contributed by atoms with Crippen LogP contribution < -0.4 is 0 Å². The van der Waals surface area contributed by atoms with Gasteiger partial charge in [0.05, 0.1) is 0 Å². The van der Waals surface area contributed by atoms with E-state index in [1.807, 2.05) is 0 Å². The van der Waals surface area contributed by atoms with E-state index >= 15 is 0 Å². The SMILES string of the molecule is C#CC([CH]CC)CCC. The molecule has 0 heterocycles. The van der Waals surface area contributed by atoms with Gasteiger partial charge in [0.25, 0.3) is 0 Å². The molecule has 0 spiro atoms. The van der Waals surface area contributed by atoms with E-state index in [0.717, 1.165) is 12.8 Å². The highest BCUT2D eigenvalue weighted by atomic mass is 14.0. The van der Waals surface area contributed by atoms with Crippen molar-refractivity contribution in [2.75, 3.05) is 0 Å². The van der Waals surface area contributed by atoms with Gasteiger partial charge in [-0.25, -0.2) is 0 Å². The Balaban J connectivity index is 3.32. The second-order valence-corrected chi connectivity index (χ2v) is 2.21. The summed E-state index contributed by atoms with van der Waals surface area (Å²) in [6.45, 7) is 4.29. The van der Waals surface area contributed by atoms with Crippen LogP contribution in [0.5, 0.6) is 0 Å². The molecule has 0 aromatic rings. The van der Waals surface area contributed by atoms with Crippen LogP contribution in [0, 0.1) is 24.7 Å². The van der Waals surface area contributed by atoms with E-state index in [1.165, 1.54) is 6.42 Å². The predicted molar refractivity (Wildman–Crippen MR) is 41.8 cm³/mol. The van der Waals surface area contributed by atoms with E-state index in [0.29, 0.717) is 5.92 Å². The molecule has 0 aromatic carbocycles. The highest BCUT2D eigenvalue weighted by Crippen LogP contribution is 2.09. The fraction of sp³-hybridized carbons (Fsp3) is 0.667. The molecule has 51 valence electrons. The van der Waals surface area contributed by atoms with Crippen LogP contribution in [0.15, 0.2) is 0 Å². The largest absolute Gasteiger partial charge is 0.120 e. The molecule has 0 aromatic heterocycles. The number of hydrogen-bond donors (Lipinski definition) is 0. The molecule has 0 bridgehead atoms. The monoisotopic (exact) mass is 123 g/mol. The molecule has 1 radical (unpaired) electrons. The highest BCUT2D eigenvalue weighted by molar-refractivity contribution is 4.99. The minimum atomic E-state index is 0.417. The Kier molecular flexibility index (Phi) is 5.41. The van der Waals surface area contributed by atoms with Gasteiger partial charge in [0.15, 0.2) is 0 Å². The lowest BCUT2D eigenvalue weighted by atomic mass is 10.00. The molecule has 1 unspecified atom stereocenters. The summed E-state index contributed by atoms with van der Waals surface area (Å²) in [5, 5.41) is 0.